The predicted octanol–water partition coefficient (Wildman–Crippen LogP) is 6.91. The van der Waals surface area contributed by atoms with Crippen molar-refractivity contribution in [1.82, 2.24) is 24.6 Å². The number of aromatic nitrogens is 4. The highest BCUT2D eigenvalue weighted by Gasteiger charge is 2.49. The summed E-state index contributed by atoms with van der Waals surface area (Å²) in [6, 6.07) is 7.73. The summed E-state index contributed by atoms with van der Waals surface area (Å²) in [6.07, 6.45) is 3.30. The summed E-state index contributed by atoms with van der Waals surface area (Å²) in [5.74, 6) is -1.27. The third-order valence-corrected chi connectivity index (χ3v) is 10.8. The smallest absolute Gasteiger partial charge is 0.319 e. The SMILES string of the molecule is Cc1ccn(C(=O)CCCN(C)c2nc(OC[C@@]34CCCN3C[C@H](F)C4)nc3c(F)c(-c4ccc(F)c5sc(N)c(C#N)c45)c(Cl)cc23)n1. The number of rotatable bonds is 9. The number of ether oxygens (including phenoxy) is 1. The Balaban J connectivity index is 1.30. The molecule has 2 N–H and O–H groups in total. The number of nitrogens with zero attached hydrogens (tertiary/aromatic N) is 7. The van der Waals surface area contributed by atoms with Gasteiger partial charge in [-0.2, -0.15) is 20.3 Å². The fraction of sp³-hybridized carbons (Fsp3) is 0.382. The van der Waals surface area contributed by atoms with Gasteiger partial charge in [-0.1, -0.05) is 17.7 Å². The monoisotopic (exact) mass is 708 g/mol. The fourth-order valence-corrected chi connectivity index (χ4v) is 8.40. The van der Waals surface area contributed by atoms with Crippen LogP contribution in [0.2, 0.25) is 5.02 Å². The van der Waals surface area contributed by atoms with E-state index in [0.717, 1.165) is 36.4 Å². The zero-order chi connectivity index (χ0) is 34.6. The first-order valence-corrected chi connectivity index (χ1v) is 17.1. The molecule has 0 spiro atoms. The lowest BCUT2D eigenvalue weighted by atomic mass is 9.95. The number of alkyl halides is 1. The maximum Gasteiger partial charge on any atom is 0.319 e. The first-order chi connectivity index (χ1) is 23.5. The molecular formula is C34H32ClF3N8O2S. The van der Waals surface area contributed by atoms with E-state index in [2.05, 4.69) is 20.0 Å². The zero-order valence-electron chi connectivity index (χ0n) is 26.8. The molecule has 2 atom stereocenters. The van der Waals surface area contributed by atoms with Crippen molar-refractivity contribution in [3.05, 3.63) is 58.4 Å². The molecule has 0 amide bonds. The third kappa shape index (κ3) is 5.83. The molecule has 3 aromatic heterocycles. The second kappa shape index (κ2) is 12.8. The number of benzene rings is 2. The number of thiophene rings is 1. The molecule has 2 saturated heterocycles. The molecule has 49 heavy (non-hydrogen) atoms. The molecule has 5 heterocycles. The van der Waals surface area contributed by atoms with Crippen molar-refractivity contribution >= 4 is 60.7 Å². The molecule has 0 radical (unpaired) electrons. The van der Waals surface area contributed by atoms with E-state index in [4.69, 9.17) is 22.1 Å². The van der Waals surface area contributed by atoms with Crippen molar-refractivity contribution in [2.75, 3.05) is 43.9 Å². The van der Waals surface area contributed by atoms with Crippen molar-refractivity contribution in [3.8, 4) is 23.2 Å². The van der Waals surface area contributed by atoms with E-state index in [1.165, 1.54) is 22.9 Å². The minimum absolute atomic E-state index is 0.0110. The number of nitrogen functional groups attached to an aromatic ring is 1. The van der Waals surface area contributed by atoms with Gasteiger partial charge in [-0.25, -0.2) is 17.9 Å². The lowest BCUT2D eigenvalue weighted by Crippen LogP contribution is -2.43. The lowest BCUT2D eigenvalue weighted by molar-refractivity contribution is 0.0884. The topological polar surface area (TPSA) is 126 Å². The van der Waals surface area contributed by atoms with Gasteiger partial charge >= 0.3 is 6.01 Å². The molecule has 5 aromatic rings. The zero-order valence-corrected chi connectivity index (χ0v) is 28.3. The van der Waals surface area contributed by atoms with Gasteiger partial charge in [0.2, 0.25) is 5.91 Å². The van der Waals surface area contributed by atoms with Gasteiger partial charge < -0.3 is 15.4 Å². The number of nitriles is 1. The first-order valence-electron chi connectivity index (χ1n) is 15.9. The Morgan fingerprint density at radius 2 is 2.12 bits per heavy atom. The number of carbonyl (C=O) groups is 1. The highest BCUT2D eigenvalue weighted by molar-refractivity contribution is 7.23. The van der Waals surface area contributed by atoms with Gasteiger partial charge in [-0.05, 0) is 56.5 Å². The Morgan fingerprint density at radius 3 is 2.88 bits per heavy atom. The van der Waals surface area contributed by atoms with Gasteiger partial charge in [-0.15, -0.1) is 11.3 Å². The molecule has 7 rings (SSSR count). The van der Waals surface area contributed by atoms with Crippen molar-refractivity contribution in [2.24, 2.45) is 0 Å². The second-order valence-corrected chi connectivity index (χ2v) is 14.2. The molecule has 0 bridgehead atoms. The second-order valence-electron chi connectivity index (χ2n) is 12.7. The van der Waals surface area contributed by atoms with E-state index in [-0.39, 0.29) is 72.6 Å². The highest BCUT2D eigenvalue weighted by atomic mass is 35.5. The number of fused-ring (bicyclic) bond motifs is 3. The van der Waals surface area contributed by atoms with E-state index < -0.39 is 23.3 Å². The fourth-order valence-electron chi connectivity index (χ4n) is 7.16. The average Bonchev–Trinajstić information content (AvgIpc) is 3.83. The summed E-state index contributed by atoms with van der Waals surface area (Å²) in [5.41, 5.74) is 6.32. The Morgan fingerprint density at radius 1 is 1.31 bits per heavy atom. The van der Waals surface area contributed by atoms with Crippen LogP contribution in [0, 0.1) is 29.9 Å². The molecule has 2 aliphatic heterocycles. The quantitative estimate of drug-likeness (QED) is 0.174. The number of hydrogen-bond acceptors (Lipinski definition) is 10. The largest absolute Gasteiger partial charge is 0.461 e. The van der Waals surface area contributed by atoms with E-state index in [1.54, 1.807) is 31.1 Å². The number of halogens is 4. The number of aryl methyl sites for hydroxylation is 1. The van der Waals surface area contributed by atoms with Crippen molar-refractivity contribution in [1.29, 1.82) is 5.26 Å². The predicted molar refractivity (Wildman–Crippen MR) is 183 cm³/mol. The Bertz CT molecular complexity index is 2170. The first kappa shape index (κ1) is 33.1. The molecule has 10 nitrogen and oxygen atoms in total. The van der Waals surface area contributed by atoms with Crippen LogP contribution in [0.3, 0.4) is 0 Å². The van der Waals surface area contributed by atoms with Crippen LogP contribution in [0.15, 0.2) is 30.5 Å². The molecule has 0 saturated carbocycles. The molecule has 254 valence electrons. The summed E-state index contributed by atoms with van der Waals surface area (Å²) in [5, 5.41) is 14.6. The van der Waals surface area contributed by atoms with Crippen LogP contribution in [0.4, 0.5) is 24.0 Å². The van der Waals surface area contributed by atoms with Crippen molar-refractivity contribution < 1.29 is 22.7 Å². The Hall–Kier alpha value is -4.45. The van der Waals surface area contributed by atoms with Crippen LogP contribution in [-0.2, 0) is 0 Å². The number of carbonyl (C=O) groups excluding carboxylic acids is 1. The highest BCUT2D eigenvalue weighted by Crippen LogP contribution is 2.46. The maximum atomic E-state index is 16.9. The summed E-state index contributed by atoms with van der Waals surface area (Å²) < 4.78 is 53.8. The number of nitrogens with two attached hydrogens (primary N) is 1. The summed E-state index contributed by atoms with van der Waals surface area (Å²) >= 11 is 7.69. The molecule has 0 unspecified atom stereocenters. The van der Waals surface area contributed by atoms with Gasteiger partial charge in [-0.3, -0.25) is 9.69 Å². The lowest BCUT2D eigenvalue weighted by Gasteiger charge is -2.31. The van der Waals surface area contributed by atoms with Crippen LogP contribution in [0.1, 0.15) is 48.2 Å². The van der Waals surface area contributed by atoms with E-state index in [0.29, 0.717) is 31.7 Å². The molecule has 0 aliphatic carbocycles. The van der Waals surface area contributed by atoms with Gasteiger partial charge in [0.1, 0.15) is 41.0 Å². The number of hydrogen-bond donors (Lipinski definition) is 1. The number of anilines is 2. The van der Waals surface area contributed by atoms with Gasteiger partial charge in [0.25, 0.3) is 0 Å². The molecular weight excluding hydrogens is 677 g/mol. The van der Waals surface area contributed by atoms with Crippen LogP contribution in [-0.4, -0.2) is 75.6 Å². The van der Waals surface area contributed by atoms with Crippen LogP contribution in [0.25, 0.3) is 32.1 Å². The Kier molecular flexibility index (Phi) is 8.62. The van der Waals surface area contributed by atoms with Gasteiger partial charge in [0, 0.05) is 55.5 Å². The minimum Gasteiger partial charge on any atom is -0.461 e. The van der Waals surface area contributed by atoms with Crippen molar-refractivity contribution in [2.45, 2.75) is 50.7 Å². The molecule has 15 heteroatoms. The summed E-state index contributed by atoms with van der Waals surface area (Å²) in [4.78, 5) is 25.7. The molecule has 2 fully saturated rings. The summed E-state index contributed by atoms with van der Waals surface area (Å²) in [6.45, 7) is 3.40. The van der Waals surface area contributed by atoms with Crippen LogP contribution in [0.5, 0.6) is 6.01 Å². The van der Waals surface area contributed by atoms with Gasteiger partial charge in [0.15, 0.2) is 5.82 Å². The Labute approximate surface area is 288 Å². The molecule has 2 aromatic carbocycles. The van der Waals surface area contributed by atoms with Gasteiger partial charge in [0.05, 0.1) is 26.5 Å². The minimum atomic E-state index is -0.962. The van der Waals surface area contributed by atoms with E-state index in [9.17, 15) is 18.8 Å². The molecule has 2 aliphatic rings. The maximum absolute atomic E-state index is 16.9. The van der Waals surface area contributed by atoms with Crippen LogP contribution < -0.4 is 15.4 Å². The van der Waals surface area contributed by atoms with Crippen LogP contribution >= 0.6 is 22.9 Å². The average molecular weight is 709 g/mol. The van der Waals surface area contributed by atoms with E-state index in [1.807, 2.05) is 6.07 Å². The van der Waals surface area contributed by atoms with Crippen molar-refractivity contribution in [3.63, 3.8) is 0 Å². The summed E-state index contributed by atoms with van der Waals surface area (Å²) in [7, 11) is 1.76. The third-order valence-electron chi connectivity index (χ3n) is 9.50. The standard InChI is InChI=1S/C34H32ClF3N8O2S/c1-18-8-12-46(43-18)25(47)5-3-10-44(2)32-21-13-23(35)27(20-6-7-24(37)30-26(20)22(15-39)31(40)49-30)28(38)29(21)41-33(42-32)48-17-34-9-4-11-45(34)16-19(36)14-34/h6-8,12-13,19H,3-5,9-11,14,16-17,40H2,1-2H3/t19-,34+/m1/s1. The normalized spacial score (nSPS) is 19.1. The van der Waals surface area contributed by atoms with E-state index >= 15 is 4.39 Å².